The summed E-state index contributed by atoms with van der Waals surface area (Å²) in [6.45, 7) is 6.18. The second-order valence-corrected chi connectivity index (χ2v) is 4.96. The quantitative estimate of drug-likeness (QED) is 0.891. The Morgan fingerprint density at radius 2 is 1.84 bits per heavy atom. The first-order valence-electron chi connectivity index (χ1n) is 6.27. The fourth-order valence-corrected chi connectivity index (χ4v) is 2.05. The van der Waals surface area contributed by atoms with Gasteiger partial charge < -0.3 is 4.98 Å². The molecule has 1 aromatic carbocycles. The van der Waals surface area contributed by atoms with Crippen LogP contribution in [0.2, 0.25) is 0 Å². The molecule has 2 aromatic rings. The van der Waals surface area contributed by atoms with Crippen LogP contribution in [0.5, 0.6) is 0 Å². The number of pyridine rings is 1. The van der Waals surface area contributed by atoms with Crippen LogP contribution in [-0.2, 0) is 0 Å². The van der Waals surface area contributed by atoms with Crippen molar-refractivity contribution in [1.29, 1.82) is 5.26 Å². The summed E-state index contributed by atoms with van der Waals surface area (Å²) in [6.07, 6.45) is 0. The molecular formula is C16H16N2O. The van der Waals surface area contributed by atoms with Crippen LogP contribution in [0.25, 0.3) is 11.3 Å². The number of hydrogen-bond acceptors (Lipinski definition) is 2. The summed E-state index contributed by atoms with van der Waals surface area (Å²) in [7, 11) is 0. The third-order valence-electron chi connectivity index (χ3n) is 3.22. The molecule has 0 saturated heterocycles. The molecule has 0 amide bonds. The summed E-state index contributed by atoms with van der Waals surface area (Å²) < 4.78 is 0. The van der Waals surface area contributed by atoms with Gasteiger partial charge in [0.1, 0.15) is 11.6 Å². The number of nitriles is 1. The molecule has 0 aliphatic rings. The summed E-state index contributed by atoms with van der Waals surface area (Å²) in [5, 5.41) is 8.83. The molecule has 1 aromatic heterocycles. The molecule has 96 valence electrons. The average Bonchev–Trinajstić information content (AvgIpc) is 2.41. The second-order valence-electron chi connectivity index (χ2n) is 4.96. The summed E-state index contributed by atoms with van der Waals surface area (Å²) >= 11 is 0. The van der Waals surface area contributed by atoms with Crippen molar-refractivity contribution < 1.29 is 0 Å². The standard InChI is InChI=1S/C16H16N2O/c1-10(2)12-4-6-13(7-5-12)15-11(3)8-14(9-17)16(19)18-15/h4-8,10H,1-3H3,(H,18,19). The van der Waals surface area contributed by atoms with E-state index in [-0.39, 0.29) is 11.1 Å². The lowest BCUT2D eigenvalue weighted by Crippen LogP contribution is -2.11. The van der Waals surface area contributed by atoms with Crippen LogP contribution >= 0.6 is 0 Å². The van der Waals surface area contributed by atoms with Crippen LogP contribution in [-0.4, -0.2) is 4.98 Å². The van der Waals surface area contributed by atoms with E-state index in [1.807, 2.05) is 25.1 Å². The Balaban J connectivity index is 2.51. The summed E-state index contributed by atoms with van der Waals surface area (Å²) in [6, 6.07) is 11.7. The van der Waals surface area contributed by atoms with Gasteiger partial charge in [0.15, 0.2) is 0 Å². The summed E-state index contributed by atoms with van der Waals surface area (Å²) in [5.74, 6) is 0.482. The van der Waals surface area contributed by atoms with Gasteiger partial charge in [0, 0.05) is 0 Å². The Morgan fingerprint density at radius 1 is 1.21 bits per heavy atom. The Hall–Kier alpha value is -2.34. The zero-order chi connectivity index (χ0) is 14.0. The number of rotatable bonds is 2. The van der Waals surface area contributed by atoms with Gasteiger partial charge in [-0.1, -0.05) is 38.1 Å². The van der Waals surface area contributed by atoms with Crippen LogP contribution in [0.3, 0.4) is 0 Å². The van der Waals surface area contributed by atoms with Gasteiger partial charge in [0.25, 0.3) is 5.56 Å². The molecule has 0 saturated carbocycles. The van der Waals surface area contributed by atoms with Gasteiger partial charge in [0.05, 0.1) is 5.69 Å². The molecule has 3 nitrogen and oxygen atoms in total. The monoisotopic (exact) mass is 252 g/mol. The molecule has 0 bridgehead atoms. The second kappa shape index (κ2) is 5.11. The van der Waals surface area contributed by atoms with Gasteiger partial charge in [-0.05, 0) is 35.6 Å². The van der Waals surface area contributed by atoms with Gasteiger partial charge >= 0.3 is 0 Å². The van der Waals surface area contributed by atoms with Crippen molar-refractivity contribution in [1.82, 2.24) is 4.98 Å². The molecule has 0 atom stereocenters. The Labute approximate surface area is 112 Å². The van der Waals surface area contributed by atoms with Crippen molar-refractivity contribution in [2.45, 2.75) is 26.7 Å². The Kier molecular flexibility index (Phi) is 3.52. The first-order chi connectivity index (χ1) is 9.02. The topological polar surface area (TPSA) is 56.6 Å². The highest BCUT2D eigenvalue weighted by atomic mass is 16.1. The molecule has 19 heavy (non-hydrogen) atoms. The summed E-state index contributed by atoms with van der Waals surface area (Å²) in [5.41, 5.74) is 3.71. The molecule has 0 aliphatic carbocycles. The highest BCUT2D eigenvalue weighted by Crippen LogP contribution is 2.23. The highest BCUT2D eigenvalue weighted by Gasteiger charge is 2.07. The number of aryl methyl sites for hydroxylation is 1. The van der Waals surface area contributed by atoms with Crippen molar-refractivity contribution in [2.24, 2.45) is 0 Å². The lowest BCUT2D eigenvalue weighted by Gasteiger charge is -2.09. The minimum Gasteiger partial charge on any atom is -0.321 e. The van der Waals surface area contributed by atoms with Crippen molar-refractivity contribution in [3.05, 3.63) is 57.4 Å². The molecule has 0 aliphatic heterocycles. The number of aromatic nitrogens is 1. The molecule has 3 heteroatoms. The molecule has 0 unspecified atom stereocenters. The van der Waals surface area contributed by atoms with E-state index in [1.165, 1.54) is 5.56 Å². The van der Waals surface area contributed by atoms with E-state index in [2.05, 4.69) is 31.0 Å². The number of H-pyrrole nitrogens is 1. The molecule has 0 spiro atoms. The van der Waals surface area contributed by atoms with Crippen LogP contribution in [0.1, 0.15) is 36.5 Å². The number of aromatic amines is 1. The molecule has 1 N–H and O–H groups in total. The number of nitrogens with zero attached hydrogens (tertiary/aromatic N) is 1. The van der Waals surface area contributed by atoms with Crippen LogP contribution in [0, 0.1) is 18.3 Å². The number of nitrogens with one attached hydrogen (secondary N) is 1. The predicted octanol–water partition coefficient (Wildman–Crippen LogP) is 3.35. The number of benzene rings is 1. The fraction of sp³-hybridized carbons (Fsp3) is 0.250. The minimum absolute atomic E-state index is 0.153. The molecule has 2 rings (SSSR count). The van der Waals surface area contributed by atoms with E-state index in [0.717, 1.165) is 16.8 Å². The molecule has 0 radical (unpaired) electrons. The summed E-state index contributed by atoms with van der Waals surface area (Å²) in [4.78, 5) is 14.5. The average molecular weight is 252 g/mol. The van der Waals surface area contributed by atoms with Crippen LogP contribution in [0.4, 0.5) is 0 Å². The fourth-order valence-electron chi connectivity index (χ4n) is 2.05. The van der Waals surface area contributed by atoms with E-state index in [1.54, 1.807) is 6.07 Å². The highest BCUT2D eigenvalue weighted by molar-refractivity contribution is 5.63. The predicted molar refractivity (Wildman–Crippen MR) is 76.0 cm³/mol. The van der Waals surface area contributed by atoms with Crippen molar-refractivity contribution in [3.63, 3.8) is 0 Å². The van der Waals surface area contributed by atoms with E-state index >= 15 is 0 Å². The smallest absolute Gasteiger partial charge is 0.266 e. The maximum atomic E-state index is 11.7. The Morgan fingerprint density at radius 3 is 2.37 bits per heavy atom. The normalized spacial score (nSPS) is 10.5. The molecule has 1 heterocycles. The van der Waals surface area contributed by atoms with E-state index in [4.69, 9.17) is 5.26 Å². The SMILES string of the molecule is Cc1cc(C#N)c(=O)[nH]c1-c1ccc(C(C)C)cc1. The van der Waals surface area contributed by atoms with Crippen LogP contribution < -0.4 is 5.56 Å². The van der Waals surface area contributed by atoms with E-state index < -0.39 is 0 Å². The van der Waals surface area contributed by atoms with Gasteiger partial charge in [-0.3, -0.25) is 4.79 Å². The zero-order valence-electron chi connectivity index (χ0n) is 11.3. The zero-order valence-corrected chi connectivity index (χ0v) is 11.3. The van der Waals surface area contributed by atoms with Gasteiger partial charge in [-0.2, -0.15) is 5.26 Å². The van der Waals surface area contributed by atoms with Crippen LogP contribution in [0.15, 0.2) is 35.1 Å². The van der Waals surface area contributed by atoms with Crippen molar-refractivity contribution >= 4 is 0 Å². The third kappa shape index (κ3) is 2.58. The maximum Gasteiger partial charge on any atom is 0.266 e. The van der Waals surface area contributed by atoms with Gasteiger partial charge in [-0.15, -0.1) is 0 Å². The van der Waals surface area contributed by atoms with E-state index in [9.17, 15) is 4.79 Å². The van der Waals surface area contributed by atoms with Gasteiger partial charge in [0.2, 0.25) is 0 Å². The minimum atomic E-state index is -0.337. The maximum absolute atomic E-state index is 11.7. The van der Waals surface area contributed by atoms with Crippen molar-refractivity contribution in [3.8, 4) is 17.3 Å². The first kappa shape index (κ1) is 13.1. The molecule has 0 fully saturated rings. The van der Waals surface area contributed by atoms with Crippen molar-refractivity contribution in [2.75, 3.05) is 0 Å². The molecular weight excluding hydrogens is 236 g/mol. The van der Waals surface area contributed by atoms with E-state index in [0.29, 0.717) is 5.92 Å². The lowest BCUT2D eigenvalue weighted by atomic mass is 9.99. The number of hydrogen-bond donors (Lipinski definition) is 1. The Bertz CT molecular complexity index is 688. The largest absolute Gasteiger partial charge is 0.321 e. The first-order valence-corrected chi connectivity index (χ1v) is 6.27. The van der Waals surface area contributed by atoms with Gasteiger partial charge in [-0.25, -0.2) is 0 Å². The third-order valence-corrected chi connectivity index (χ3v) is 3.22. The lowest BCUT2D eigenvalue weighted by molar-refractivity contribution is 0.867.